The second-order valence-corrected chi connectivity index (χ2v) is 6.32. The number of hydrogen-bond acceptors (Lipinski definition) is 3. The molecule has 3 rings (SSSR count). The lowest BCUT2D eigenvalue weighted by Crippen LogP contribution is -2.43. The van der Waals surface area contributed by atoms with Crippen molar-refractivity contribution in [3.8, 4) is 0 Å². The quantitative estimate of drug-likeness (QED) is 0.834. The van der Waals surface area contributed by atoms with Crippen LogP contribution in [0.5, 0.6) is 0 Å². The fourth-order valence-corrected chi connectivity index (χ4v) is 3.03. The predicted molar refractivity (Wildman–Crippen MR) is 96.3 cm³/mol. The lowest BCUT2D eigenvalue weighted by Gasteiger charge is -2.17. The van der Waals surface area contributed by atoms with Crippen molar-refractivity contribution in [1.82, 2.24) is 5.32 Å². The summed E-state index contributed by atoms with van der Waals surface area (Å²) in [4.78, 5) is 26.2. The van der Waals surface area contributed by atoms with Crippen LogP contribution in [0.3, 0.4) is 0 Å². The Kier molecular flexibility index (Phi) is 5.14. The first-order valence-electron chi connectivity index (χ1n) is 8.46. The number of aliphatic hydroxyl groups excluding tert-OH is 1. The summed E-state index contributed by atoms with van der Waals surface area (Å²) in [6.07, 6.45) is 1.42. The minimum absolute atomic E-state index is 0.0162. The van der Waals surface area contributed by atoms with Crippen molar-refractivity contribution in [3.63, 3.8) is 0 Å². The van der Waals surface area contributed by atoms with E-state index in [1.165, 1.54) is 0 Å². The summed E-state index contributed by atoms with van der Waals surface area (Å²) in [5, 5.41) is 11.7. The number of carbonyl (C=O) groups excluding carboxylic acids is 2. The topological polar surface area (TPSA) is 69.6 Å². The molecule has 0 spiro atoms. The minimum Gasteiger partial charge on any atom is -0.392 e. The molecule has 0 atom stereocenters. The Labute approximate surface area is 147 Å². The second-order valence-electron chi connectivity index (χ2n) is 6.32. The van der Waals surface area contributed by atoms with Crippen molar-refractivity contribution < 1.29 is 14.7 Å². The standard InChI is InChI=1S/C20H22N2O3/c1-14-2-7-17-9-11-22(18(17)12-14)20(25)19(24)21-10-8-15-3-5-16(13-23)6-4-15/h2-7,12,23H,8-11,13H2,1H3,(H,21,24). The summed E-state index contributed by atoms with van der Waals surface area (Å²) in [6.45, 7) is 2.94. The van der Waals surface area contributed by atoms with Crippen molar-refractivity contribution in [3.05, 3.63) is 64.7 Å². The van der Waals surface area contributed by atoms with Crippen LogP contribution < -0.4 is 10.2 Å². The van der Waals surface area contributed by atoms with Gasteiger partial charge in [0, 0.05) is 18.8 Å². The number of carbonyl (C=O) groups is 2. The van der Waals surface area contributed by atoms with Gasteiger partial charge in [0.25, 0.3) is 0 Å². The molecule has 2 N–H and O–H groups in total. The molecule has 0 saturated carbocycles. The molecule has 0 aromatic heterocycles. The normalized spacial score (nSPS) is 12.8. The number of benzene rings is 2. The molecule has 0 saturated heterocycles. The zero-order valence-electron chi connectivity index (χ0n) is 14.3. The third-order valence-electron chi connectivity index (χ3n) is 4.48. The molecule has 2 amide bonds. The Morgan fingerprint density at radius 2 is 1.84 bits per heavy atom. The first-order valence-corrected chi connectivity index (χ1v) is 8.46. The predicted octanol–water partition coefficient (Wildman–Crippen LogP) is 1.74. The molecule has 130 valence electrons. The van der Waals surface area contributed by atoms with Gasteiger partial charge in [-0.2, -0.15) is 0 Å². The lowest BCUT2D eigenvalue weighted by atomic mass is 10.1. The minimum atomic E-state index is -0.568. The van der Waals surface area contributed by atoms with Crippen molar-refractivity contribution in [1.29, 1.82) is 0 Å². The van der Waals surface area contributed by atoms with E-state index in [0.29, 0.717) is 19.5 Å². The molecule has 2 aromatic rings. The van der Waals surface area contributed by atoms with Gasteiger partial charge in [-0.05, 0) is 48.1 Å². The summed E-state index contributed by atoms with van der Waals surface area (Å²) in [7, 11) is 0. The molecule has 5 nitrogen and oxygen atoms in total. The van der Waals surface area contributed by atoms with E-state index in [1.807, 2.05) is 49.4 Å². The first-order chi connectivity index (χ1) is 12.1. The summed E-state index contributed by atoms with van der Waals surface area (Å²) in [6, 6.07) is 13.5. The number of amides is 2. The van der Waals surface area contributed by atoms with Crippen molar-refractivity contribution >= 4 is 17.5 Å². The van der Waals surface area contributed by atoms with Crippen LogP contribution in [0.4, 0.5) is 5.69 Å². The highest BCUT2D eigenvalue weighted by Gasteiger charge is 2.28. The van der Waals surface area contributed by atoms with Crippen molar-refractivity contribution in [2.24, 2.45) is 0 Å². The van der Waals surface area contributed by atoms with Crippen LogP contribution in [-0.4, -0.2) is 30.0 Å². The van der Waals surface area contributed by atoms with Gasteiger partial charge in [0.2, 0.25) is 0 Å². The molecule has 0 unspecified atom stereocenters. The van der Waals surface area contributed by atoms with E-state index in [4.69, 9.17) is 5.11 Å². The summed E-state index contributed by atoms with van der Waals surface area (Å²) in [5.74, 6) is -1.07. The maximum Gasteiger partial charge on any atom is 0.316 e. The molecular formula is C20H22N2O3. The van der Waals surface area contributed by atoms with Crippen molar-refractivity contribution in [2.45, 2.75) is 26.4 Å². The van der Waals surface area contributed by atoms with Gasteiger partial charge in [0.1, 0.15) is 0 Å². The monoisotopic (exact) mass is 338 g/mol. The van der Waals surface area contributed by atoms with Crippen LogP contribution in [0, 0.1) is 6.92 Å². The van der Waals surface area contributed by atoms with E-state index < -0.39 is 11.8 Å². The zero-order valence-corrected chi connectivity index (χ0v) is 14.3. The van der Waals surface area contributed by atoms with Crippen molar-refractivity contribution in [2.75, 3.05) is 18.0 Å². The third-order valence-corrected chi connectivity index (χ3v) is 4.48. The Morgan fingerprint density at radius 3 is 2.56 bits per heavy atom. The Morgan fingerprint density at radius 1 is 1.12 bits per heavy atom. The van der Waals surface area contributed by atoms with Gasteiger partial charge >= 0.3 is 11.8 Å². The second kappa shape index (κ2) is 7.49. The number of nitrogens with one attached hydrogen (secondary N) is 1. The van der Waals surface area contributed by atoms with Crippen LogP contribution in [0.25, 0.3) is 0 Å². The van der Waals surface area contributed by atoms with Crippen LogP contribution in [-0.2, 0) is 29.0 Å². The number of anilines is 1. The molecule has 25 heavy (non-hydrogen) atoms. The zero-order chi connectivity index (χ0) is 17.8. The van der Waals surface area contributed by atoms with Gasteiger partial charge in [-0.3, -0.25) is 9.59 Å². The molecule has 1 aliphatic heterocycles. The molecule has 0 fully saturated rings. The fourth-order valence-electron chi connectivity index (χ4n) is 3.03. The van der Waals surface area contributed by atoms with E-state index in [1.54, 1.807) is 4.90 Å². The van der Waals surface area contributed by atoms with Crippen LogP contribution >= 0.6 is 0 Å². The SMILES string of the molecule is Cc1ccc2c(c1)N(C(=O)C(=O)NCCc1ccc(CO)cc1)CC2. The van der Waals surface area contributed by atoms with Gasteiger partial charge in [-0.15, -0.1) is 0 Å². The third kappa shape index (κ3) is 3.88. The summed E-state index contributed by atoms with van der Waals surface area (Å²) < 4.78 is 0. The maximum atomic E-state index is 12.4. The van der Waals surface area contributed by atoms with E-state index in [2.05, 4.69) is 5.32 Å². The average molecular weight is 338 g/mol. The Hall–Kier alpha value is -2.66. The highest BCUT2D eigenvalue weighted by Crippen LogP contribution is 2.28. The number of fused-ring (bicyclic) bond motifs is 1. The Balaban J connectivity index is 1.55. The van der Waals surface area contributed by atoms with Gasteiger partial charge in [-0.25, -0.2) is 0 Å². The van der Waals surface area contributed by atoms with Gasteiger partial charge in [0.15, 0.2) is 0 Å². The van der Waals surface area contributed by atoms with E-state index in [0.717, 1.165) is 34.4 Å². The molecule has 1 heterocycles. The van der Waals surface area contributed by atoms with E-state index in [-0.39, 0.29) is 6.61 Å². The molecule has 0 radical (unpaired) electrons. The number of hydrogen-bond donors (Lipinski definition) is 2. The Bertz CT molecular complexity index is 784. The molecule has 0 bridgehead atoms. The van der Waals surface area contributed by atoms with E-state index in [9.17, 15) is 9.59 Å². The number of rotatable bonds is 4. The summed E-state index contributed by atoms with van der Waals surface area (Å²) >= 11 is 0. The summed E-state index contributed by atoms with van der Waals surface area (Å²) in [5.41, 5.74) is 4.93. The molecule has 1 aliphatic rings. The smallest absolute Gasteiger partial charge is 0.316 e. The average Bonchev–Trinajstić information content (AvgIpc) is 3.04. The molecule has 0 aliphatic carbocycles. The molecular weight excluding hydrogens is 316 g/mol. The lowest BCUT2D eigenvalue weighted by molar-refractivity contribution is -0.137. The molecule has 2 aromatic carbocycles. The fraction of sp³-hybridized carbons (Fsp3) is 0.300. The number of aryl methyl sites for hydroxylation is 1. The molecule has 5 heteroatoms. The van der Waals surface area contributed by atoms with Gasteiger partial charge in [-0.1, -0.05) is 36.4 Å². The largest absolute Gasteiger partial charge is 0.392 e. The maximum absolute atomic E-state index is 12.4. The highest BCUT2D eigenvalue weighted by atomic mass is 16.3. The number of nitrogens with zero attached hydrogens (tertiary/aromatic N) is 1. The van der Waals surface area contributed by atoms with Crippen LogP contribution in [0.2, 0.25) is 0 Å². The van der Waals surface area contributed by atoms with Crippen LogP contribution in [0.15, 0.2) is 42.5 Å². The van der Waals surface area contributed by atoms with Crippen LogP contribution in [0.1, 0.15) is 22.3 Å². The highest BCUT2D eigenvalue weighted by molar-refractivity contribution is 6.40. The number of aliphatic hydroxyl groups is 1. The van der Waals surface area contributed by atoms with Gasteiger partial charge < -0.3 is 15.3 Å². The van der Waals surface area contributed by atoms with Gasteiger partial charge in [0.05, 0.1) is 6.61 Å². The van der Waals surface area contributed by atoms with E-state index >= 15 is 0 Å². The first kappa shape index (κ1) is 17.2.